The van der Waals surface area contributed by atoms with Crippen molar-refractivity contribution in [2.24, 2.45) is 0 Å². The molecular weight excluding hydrogens is 332 g/mol. The van der Waals surface area contributed by atoms with Gasteiger partial charge in [0.05, 0.1) is 4.88 Å². The number of nitrogens with one attached hydrogen (secondary N) is 1. The van der Waals surface area contributed by atoms with E-state index >= 15 is 0 Å². The first-order valence-corrected chi connectivity index (χ1v) is 9.46. The minimum atomic E-state index is -0.0594. The van der Waals surface area contributed by atoms with Crippen LogP contribution in [0, 0.1) is 0 Å². The van der Waals surface area contributed by atoms with Crippen LogP contribution in [0.3, 0.4) is 0 Å². The summed E-state index contributed by atoms with van der Waals surface area (Å²) < 4.78 is 0. The van der Waals surface area contributed by atoms with Crippen LogP contribution in [-0.4, -0.2) is 36.3 Å². The third-order valence-corrected chi connectivity index (χ3v) is 5.17. The summed E-state index contributed by atoms with van der Waals surface area (Å²) in [6.07, 6.45) is 4.18. The molecule has 1 aromatic heterocycles. The average molecular weight is 354 g/mol. The van der Waals surface area contributed by atoms with Gasteiger partial charge in [-0.15, -0.1) is 11.3 Å². The molecule has 130 valence electrons. The van der Waals surface area contributed by atoms with Crippen molar-refractivity contribution in [1.29, 1.82) is 0 Å². The summed E-state index contributed by atoms with van der Waals surface area (Å²) >= 11 is 1.42. The molecule has 0 saturated heterocycles. The molecule has 25 heavy (non-hydrogen) atoms. The maximum absolute atomic E-state index is 12.3. The molecule has 4 nitrogen and oxygen atoms in total. The van der Waals surface area contributed by atoms with Crippen LogP contribution >= 0.6 is 11.3 Å². The Balaban J connectivity index is 1.39. The first-order chi connectivity index (χ1) is 12.2. The Morgan fingerprint density at radius 3 is 2.64 bits per heavy atom. The zero-order chi connectivity index (χ0) is 17.5. The van der Waals surface area contributed by atoms with E-state index in [0.29, 0.717) is 30.8 Å². The van der Waals surface area contributed by atoms with Gasteiger partial charge in [0, 0.05) is 26.1 Å². The lowest BCUT2D eigenvalue weighted by Crippen LogP contribution is -2.35. The summed E-state index contributed by atoms with van der Waals surface area (Å²) in [5.41, 5.74) is 2.55. The fourth-order valence-corrected chi connectivity index (χ4v) is 3.54. The van der Waals surface area contributed by atoms with Gasteiger partial charge in [0.2, 0.25) is 5.91 Å². The highest BCUT2D eigenvalue weighted by molar-refractivity contribution is 7.12. The Bertz CT molecular complexity index is 738. The lowest BCUT2D eigenvalue weighted by molar-refractivity contribution is -0.130. The van der Waals surface area contributed by atoms with Crippen LogP contribution in [0.5, 0.6) is 0 Å². The van der Waals surface area contributed by atoms with E-state index in [4.69, 9.17) is 0 Å². The Labute approximate surface area is 152 Å². The number of rotatable bonds is 6. The van der Waals surface area contributed by atoms with Gasteiger partial charge in [-0.2, -0.15) is 0 Å². The minimum absolute atomic E-state index is 0.0594. The Morgan fingerprint density at radius 1 is 1.12 bits per heavy atom. The first-order valence-electron chi connectivity index (χ1n) is 8.58. The van der Waals surface area contributed by atoms with Gasteiger partial charge < -0.3 is 10.2 Å². The highest BCUT2D eigenvalue weighted by atomic mass is 32.1. The van der Waals surface area contributed by atoms with Crippen molar-refractivity contribution < 1.29 is 9.59 Å². The van der Waals surface area contributed by atoms with E-state index in [1.807, 2.05) is 34.5 Å². The number of benzene rings is 1. The van der Waals surface area contributed by atoms with Crippen LogP contribution in [0.4, 0.5) is 0 Å². The molecule has 0 saturated carbocycles. The van der Waals surface area contributed by atoms with Crippen molar-refractivity contribution in [3.8, 4) is 0 Å². The second-order valence-electron chi connectivity index (χ2n) is 6.02. The molecule has 0 radical (unpaired) electrons. The molecule has 5 heteroatoms. The zero-order valence-electron chi connectivity index (χ0n) is 14.1. The van der Waals surface area contributed by atoms with Crippen molar-refractivity contribution in [1.82, 2.24) is 10.2 Å². The van der Waals surface area contributed by atoms with Crippen LogP contribution in [0.25, 0.3) is 5.57 Å². The molecule has 3 rings (SSSR count). The van der Waals surface area contributed by atoms with E-state index in [0.717, 1.165) is 13.0 Å². The standard InChI is InChI=1S/C20H22N2O2S/c23-19(9-4-12-21-20(24)18-8-5-15-25-18)22-13-10-17(11-14-22)16-6-2-1-3-7-16/h1-3,5-8,10,15H,4,9,11-14H2,(H,21,24). The monoisotopic (exact) mass is 354 g/mol. The fraction of sp³-hybridized carbons (Fsp3) is 0.300. The Hall–Kier alpha value is -2.40. The van der Waals surface area contributed by atoms with Crippen molar-refractivity contribution in [2.75, 3.05) is 19.6 Å². The molecule has 1 aliphatic heterocycles. The largest absolute Gasteiger partial charge is 0.351 e. The van der Waals surface area contributed by atoms with Crippen molar-refractivity contribution in [2.45, 2.75) is 19.3 Å². The van der Waals surface area contributed by atoms with E-state index in [9.17, 15) is 9.59 Å². The number of carbonyl (C=O) groups excluding carboxylic acids is 2. The molecule has 2 aromatic rings. The summed E-state index contributed by atoms with van der Waals surface area (Å²) in [6, 6.07) is 14.0. The summed E-state index contributed by atoms with van der Waals surface area (Å²) in [5.74, 6) is 0.101. The summed E-state index contributed by atoms with van der Waals surface area (Å²) in [7, 11) is 0. The molecule has 0 bridgehead atoms. The highest BCUT2D eigenvalue weighted by Gasteiger charge is 2.17. The van der Waals surface area contributed by atoms with Crippen LogP contribution in [-0.2, 0) is 4.79 Å². The number of carbonyl (C=O) groups is 2. The molecule has 0 fully saturated rings. The molecule has 0 aliphatic carbocycles. The number of thiophene rings is 1. The van der Waals surface area contributed by atoms with E-state index in [1.54, 1.807) is 6.07 Å². The van der Waals surface area contributed by atoms with Gasteiger partial charge in [0.1, 0.15) is 0 Å². The molecular formula is C20H22N2O2S. The second-order valence-corrected chi connectivity index (χ2v) is 6.97. The molecule has 0 atom stereocenters. The van der Waals surface area contributed by atoms with Gasteiger partial charge in [-0.3, -0.25) is 9.59 Å². The first kappa shape index (κ1) is 17.4. The maximum atomic E-state index is 12.3. The van der Waals surface area contributed by atoms with E-state index in [-0.39, 0.29) is 11.8 Å². The molecule has 0 spiro atoms. The van der Waals surface area contributed by atoms with E-state index < -0.39 is 0 Å². The summed E-state index contributed by atoms with van der Waals surface area (Å²) in [6.45, 7) is 1.97. The van der Waals surface area contributed by atoms with Crippen molar-refractivity contribution in [3.05, 3.63) is 64.4 Å². The van der Waals surface area contributed by atoms with Crippen molar-refractivity contribution >= 4 is 28.7 Å². The summed E-state index contributed by atoms with van der Waals surface area (Å²) in [5, 5.41) is 4.74. The van der Waals surface area contributed by atoms with Gasteiger partial charge in [-0.25, -0.2) is 0 Å². The predicted molar refractivity (Wildman–Crippen MR) is 102 cm³/mol. The van der Waals surface area contributed by atoms with Crippen LogP contribution in [0.15, 0.2) is 53.9 Å². The average Bonchev–Trinajstić information content (AvgIpc) is 3.21. The second kappa shape index (κ2) is 8.62. The van der Waals surface area contributed by atoms with Gasteiger partial charge in [-0.1, -0.05) is 42.5 Å². The van der Waals surface area contributed by atoms with Crippen LogP contribution in [0.2, 0.25) is 0 Å². The predicted octanol–water partition coefficient (Wildman–Crippen LogP) is 3.57. The van der Waals surface area contributed by atoms with Gasteiger partial charge in [-0.05, 0) is 35.4 Å². The SMILES string of the molecule is O=C(NCCCC(=O)N1CC=C(c2ccccc2)CC1)c1cccs1. The van der Waals surface area contributed by atoms with Gasteiger partial charge in [0.25, 0.3) is 5.91 Å². The number of hydrogen-bond acceptors (Lipinski definition) is 3. The molecule has 1 N–H and O–H groups in total. The Kier molecular flexibility index (Phi) is 6.01. The highest BCUT2D eigenvalue weighted by Crippen LogP contribution is 2.22. The molecule has 1 aliphatic rings. The zero-order valence-corrected chi connectivity index (χ0v) is 14.9. The quantitative estimate of drug-likeness (QED) is 0.806. The number of nitrogens with zero attached hydrogens (tertiary/aromatic N) is 1. The third-order valence-electron chi connectivity index (χ3n) is 4.30. The molecule has 1 aromatic carbocycles. The molecule has 2 amide bonds. The minimum Gasteiger partial charge on any atom is -0.351 e. The normalized spacial score (nSPS) is 14.1. The number of hydrogen-bond donors (Lipinski definition) is 1. The molecule has 0 unspecified atom stereocenters. The summed E-state index contributed by atoms with van der Waals surface area (Å²) in [4.78, 5) is 26.7. The fourth-order valence-electron chi connectivity index (χ4n) is 2.90. The van der Waals surface area contributed by atoms with Gasteiger partial charge >= 0.3 is 0 Å². The van der Waals surface area contributed by atoms with E-state index in [2.05, 4.69) is 23.5 Å². The van der Waals surface area contributed by atoms with Crippen LogP contribution < -0.4 is 5.32 Å². The van der Waals surface area contributed by atoms with Gasteiger partial charge in [0.15, 0.2) is 0 Å². The Morgan fingerprint density at radius 2 is 1.96 bits per heavy atom. The third kappa shape index (κ3) is 4.79. The lowest BCUT2D eigenvalue weighted by Gasteiger charge is -2.26. The number of amides is 2. The van der Waals surface area contributed by atoms with Crippen molar-refractivity contribution in [3.63, 3.8) is 0 Å². The van der Waals surface area contributed by atoms with Crippen LogP contribution in [0.1, 0.15) is 34.5 Å². The lowest BCUT2D eigenvalue weighted by atomic mass is 9.99. The van der Waals surface area contributed by atoms with E-state index in [1.165, 1.54) is 22.5 Å². The topological polar surface area (TPSA) is 49.4 Å². The maximum Gasteiger partial charge on any atom is 0.261 e. The smallest absolute Gasteiger partial charge is 0.261 e. The molecule has 2 heterocycles.